The number of Topliss-reactive ketones (excluding diaryl/α,β-unsaturated/α-hetero) is 1. The van der Waals surface area contributed by atoms with Gasteiger partial charge in [0.05, 0.1) is 0 Å². The fourth-order valence-electron chi connectivity index (χ4n) is 2.98. The van der Waals surface area contributed by atoms with Crippen LogP contribution in [0.5, 0.6) is 0 Å². The first-order chi connectivity index (χ1) is 11.8. The second kappa shape index (κ2) is 20.6. The highest BCUT2D eigenvalue weighted by molar-refractivity contribution is 5.80. The van der Waals surface area contributed by atoms with Crippen molar-refractivity contribution < 1.29 is 14.6 Å². The van der Waals surface area contributed by atoms with E-state index in [2.05, 4.69) is 6.92 Å². The molecule has 0 bridgehead atoms. The van der Waals surface area contributed by atoms with Crippen LogP contribution in [0.25, 0.3) is 0 Å². The standard InChI is InChI=1S/C21H42O3/c1-2-3-4-5-6-7-8-9-10-11-12-13-14-15-16-17-18-24-20-21(23)19-22/h22H,2-20H2,1H3. The Labute approximate surface area is 150 Å². The molecule has 0 fully saturated rings. The molecular weight excluding hydrogens is 300 g/mol. The van der Waals surface area contributed by atoms with Gasteiger partial charge in [0, 0.05) is 6.61 Å². The van der Waals surface area contributed by atoms with Crippen LogP contribution in [0.1, 0.15) is 110 Å². The molecule has 0 unspecified atom stereocenters. The molecule has 0 saturated carbocycles. The van der Waals surface area contributed by atoms with Gasteiger partial charge in [-0.15, -0.1) is 0 Å². The van der Waals surface area contributed by atoms with Gasteiger partial charge in [-0.2, -0.15) is 0 Å². The molecule has 3 nitrogen and oxygen atoms in total. The Hall–Kier alpha value is -0.410. The van der Waals surface area contributed by atoms with E-state index in [1.165, 1.54) is 96.3 Å². The second-order valence-electron chi connectivity index (χ2n) is 7.05. The van der Waals surface area contributed by atoms with Crippen LogP contribution in [-0.4, -0.2) is 30.7 Å². The highest BCUT2D eigenvalue weighted by Crippen LogP contribution is 2.13. The predicted molar refractivity (Wildman–Crippen MR) is 102 cm³/mol. The zero-order valence-corrected chi connectivity index (χ0v) is 16.2. The van der Waals surface area contributed by atoms with Gasteiger partial charge in [0.15, 0.2) is 5.78 Å². The van der Waals surface area contributed by atoms with E-state index in [9.17, 15) is 4.79 Å². The average Bonchev–Trinajstić information content (AvgIpc) is 2.60. The molecule has 1 N–H and O–H groups in total. The van der Waals surface area contributed by atoms with Gasteiger partial charge < -0.3 is 9.84 Å². The summed E-state index contributed by atoms with van der Waals surface area (Å²) in [4.78, 5) is 10.8. The Morgan fingerprint density at radius 1 is 0.667 bits per heavy atom. The van der Waals surface area contributed by atoms with E-state index >= 15 is 0 Å². The van der Waals surface area contributed by atoms with Crippen molar-refractivity contribution in [1.82, 2.24) is 0 Å². The van der Waals surface area contributed by atoms with Crippen molar-refractivity contribution >= 4 is 5.78 Å². The Morgan fingerprint density at radius 3 is 1.42 bits per heavy atom. The molecule has 0 rings (SSSR count). The number of aliphatic hydroxyl groups excluding tert-OH is 1. The molecule has 0 aromatic heterocycles. The van der Waals surface area contributed by atoms with Gasteiger partial charge >= 0.3 is 0 Å². The molecule has 0 spiro atoms. The van der Waals surface area contributed by atoms with E-state index in [1.54, 1.807) is 0 Å². The number of unbranched alkanes of at least 4 members (excludes halogenated alkanes) is 15. The molecule has 0 aliphatic carbocycles. The summed E-state index contributed by atoms with van der Waals surface area (Å²) in [7, 11) is 0. The molecule has 24 heavy (non-hydrogen) atoms. The van der Waals surface area contributed by atoms with E-state index in [4.69, 9.17) is 9.84 Å². The SMILES string of the molecule is CCCCCCCCCCCCCCCCCCOCC(=O)CO. The highest BCUT2D eigenvalue weighted by atomic mass is 16.5. The summed E-state index contributed by atoms with van der Waals surface area (Å²) < 4.78 is 5.20. The molecular formula is C21H42O3. The van der Waals surface area contributed by atoms with E-state index in [1.807, 2.05) is 0 Å². The number of carbonyl (C=O) groups excluding carboxylic acids is 1. The zero-order chi connectivity index (χ0) is 17.7. The largest absolute Gasteiger partial charge is 0.388 e. The molecule has 0 aliphatic rings. The highest BCUT2D eigenvalue weighted by Gasteiger charge is 1.98. The number of carbonyl (C=O) groups is 1. The lowest BCUT2D eigenvalue weighted by atomic mass is 10.0. The minimum absolute atomic E-state index is 0.0647. The van der Waals surface area contributed by atoms with Crippen molar-refractivity contribution in [2.45, 2.75) is 110 Å². The van der Waals surface area contributed by atoms with Crippen LogP contribution in [0.2, 0.25) is 0 Å². The lowest BCUT2D eigenvalue weighted by molar-refractivity contribution is -0.126. The molecule has 0 saturated heterocycles. The normalized spacial score (nSPS) is 11.1. The van der Waals surface area contributed by atoms with Crippen LogP contribution in [0, 0.1) is 0 Å². The fourth-order valence-corrected chi connectivity index (χ4v) is 2.98. The lowest BCUT2D eigenvalue weighted by Crippen LogP contribution is -2.12. The van der Waals surface area contributed by atoms with Crippen molar-refractivity contribution in [2.24, 2.45) is 0 Å². The Kier molecular flexibility index (Phi) is 20.3. The molecule has 0 amide bonds. The van der Waals surface area contributed by atoms with Crippen LogP contribution in [0.3, 0.4) is 0 Å². The summed E-state index contributed by atoms with van der Waals surface area (Å²) >= 11 is 0. The summed E-state index contributed by atoms with van der Waals surface area (Å²) in [5.41, 5.74) is 0. The predicted octanol–water partition coefficient (Wildman–Crippen LogP) is 5.83. The smallest absolute Gasteiger partial charge is 0.183 e. The third kappa shape index (κ3) is 19.6. The van der Waals surface area contributed by atoms with Crippen molar-refractivity contribution in [3.8, 4) is 0 Å². The van der Waals surface area contributed by atoms with Gasteiger partial charge in [0.2, 0.25) is 0 Å². The molecule has 144 valence electrons. The Morgan fingerprint density at radius 2 is 1.04 bits per heavy atom. The quantitative estimate of drug-likeness (QED) is 0.283. The van der Waals surface area contributed by atoms with E-state index < -0.39 is 6.61 Å². The molecule has 0 aromatic carbocycles. The first kappa shape index (κ1) is 23.6. The third-order valence-electron chi connectivity index (χ3n) is 4.58. The summed E-state index contributed by atoms with van der Waals surface area (Å²) in [6.07, 6.45) is 21.8. The number of ether oxygens (including phenoxy) is 1. The van der Waals surface area contributed by atoms with Crippen LogP contribution >= 0.6 is 0 Å². The maximum Gasteiger partial charge on any atom is 0.183 e. The topological polar surface area (TPSA) is 46.5 Å². The van der Waals surface area contributed by atoms with Gasteiger partial charge in [-0.1, -0.05) is 103 Å². The fraction of sp³-hybridized carbons (Fsp3) is 0.952. The van der Waals surface area contributed by atoms with Crippen LogP contribution in [0.15, 0.2) is 0 Å². The lowest BCUT2D eigenvalue weighted by Gasteiger charge is -2.04. The Bertz CT molecular complexity index is 253. The van der Waals surface area contributed by atoms with Crippen LogP contribution in [0.4, 0.5) is 0 Å². The summed E-state index contributed by atoms with van der Waals surface area (Å²) in [5, 5.41) is 8.55. The maximum absolute atomic E-state index is 10.8. The molecule has 0 heterocycles. The average molecular weight is 343 g/mol. The van der Waals surface area contributed by atoms with Crippen molar-refractivity contribution in [1.29, 1.82) is 0 Å². The number of ketones is 1. The molecule has 3 heteroatoms. The third-order valence-corrected chi connectivity index (χ3v) is 4.58. The van der Waals surface area contributed by atoms with Crippen LogP contribution < -0.4 is 0 Å². The van der Waals surface area contributed by atoms with Gasteiger partial charge in [-0.3, -0.25) is 4.79 Å². The minimum Gasteiger partial charge on any atom is -0.388 e. The summed E-state index contributed by atoms with van der Waals surface area (Å²) in [6.45, 7) is 2.58. The number of aliphatic hydroxyl groups is 1. The molecule has 0 aliphatic heterocycles. The van der Waals surface area contributed by atoms with Crippen molar-refractivity contribution in [3.63, 3.8) is 0 Å². The molecule has 0 aromatic rings. The first-order valence-electron chi connectivity index (χ1n) is 10.5. The van der Waals surface area contributed by atoms with E-state index in [0.29, 0.717) is 6.61 Å². The van der Waals surface area contributed by atoms with Gasteiger partial charge in [-0.25, -0.2) is 0 Å². The number of hydrogen-bond donors (Lipinski definition) is 1. The van der Waals surface area contributed by atoms with Crippen molar-refractivity contribution in [2.75, 3.05) is 19.8 Å². The maximum atomic E-state index is 10.8. The van der Waals surface area contributed by atoms with Gasteiger partial charge in [0.1, 0.15) is 13.2 Å². The van der Waals surface area contributed by atoms with E-state index in [0.717, 1.165) is 6.42 Å². The van der Waals surface area contributed by atoms with Crippen LogP contribution in [-0.2, 0) is 9.53 Å². The van der Waals surface area contributed by atoms with E-state index in [-0.39, 0.29) is 12.4 Å². The number of rotatable bonds is 20. The number of hydrogen-bond acceptors (Lipinski definition) is 3. The second-order valence-corrected chi connectivity index (χ2v) is 7.05. The van der Waals surface area contributed by atoms with Gasteiger partial charge in [-0.05, 0) is 6.42 Å². The zero-order valence-electron chi connectivity index (χ0n) is 16.2. The summed E-state index contributed by atoms with van der Waals surface area (Å²) in [5.74, 6) is -0.230. The Balaban J connectivity index is 2.99. The molecule has 0 radical (unpaired) electrons. The van der Waals surface area contributed by atoms with Crippen molar-refractivity contribution in [3.05, 3.63) is 0 Å². The van der Waals surface area contributed by atoms with Gasteiger partial charge in [0.25, 0.3) is 0 Å². The first-order valence-corrected chi connectivity index (χ1v) is 10.5. The monoisotopic (exact) mass is 342 g/mol. The molecule has 0 atom stereocenters. The summed E-state index contributed by atoms with van der Waals surface area (Å²) in [6, 6.07) is 0. The minimum atomic E-state index is -0.404.